The van der Waals surface area contributed by atoms with Gasteiger partial charge < -0.3 is 24.8 Å². The molecular formula is C22H28Cl2Ti-2. The summed E-state index contributed by atoms with van der Waals surface area (Å²) in [5, 5.41) is 2.66. The molecule has 0 aromatic heterocycles. The molecule has 2 aromatic rings. The van der Waals surface area contributed by atoms with Gasteiger partial charge >= 0.3 is 21.7 Å². The van der Waals surface area contributed by atoms with Crippen LogP contribution in [0, 0.1) is 6.08 Å². The van der Waals surface area contributed by atoms with Crippen LogP contribution in [0.15, 0.2) is 60.2 Å². The summed E-state index contributed by atoms with van der Waals surface area (Å²) in [6.45, 7) is 2.27. The molecular weight excluding hydrogens is 383 g/mol. The maximum absolute atomic E-state index is 3.36. The molecule has 0 aliphatic heterocycles. The Balaban J connectivity index is 0. The molecule has 0 saturated heterocycles. The molecule has 2 aromatic carbocycles. The Bertz CT molecular complexity index is 569. The summed E-state index contributed by atoms with van der Waals surface area (Å²) in [6, 6.07) is 14.7. The number of benzene rings is 1. The van der Waals surface area contributed by atoms with Gasteiger partial charge in [-0.3, -0.25) is 6.08 Å². The van der Waals surface area contributed by atoms with Crippen LogP contribution in [0.25, 0.3) is 10.8 Å². The fourth-order valence-corrected chi connectivity index (χ4v) is 2.79. The molecule has 0 nitrogen and oxygen atoms in total. The minimum atomic E-state index is 0. The minimum Gasteiger partial charge on any atom is -1.00 e. The van der Waals surface area contributed by atoms with Gasteiger partial charge in [0.25, 0.3) is 0 Å². The Labute approximate surface area is 181 Å². The molecule has 0 radical (unpaired) electrons. The monoisotopic (exact) mass is 410 g/mol. The maximum Gasteiger partial charge on any atom is 2.00 e. The largest absolute Gasteiger partial charge is 2.00 e. The number of hydrogen-bond donors (Lipinski definition) is 0. The number of unbranched alkanes of at least 4 members (excludes halogenated alkanes) is 5. The van der Waals surface area contributed by atoms with Gasteiger partial charge in [0, 0.05) is 0 Å². The zero-order valence-corrected chi connectivity index (χ0v) is 18.2. The quantitative estimate of drug-likeness (QED) is 0.362. The molecule has 1 aliphatic rings. The predicted molar refractivity (Wildman–Crippen MR) is 98.0 cm³/mol. The zero-order valence-electron chi connectivity index (χ0n) is 15.1. The first-order valence-corrected chi connectivity index (χ1v) is 8.77. The van der Waals surface area contributed by atoms with Gasteiger partial charge in [0.15, 0.2) is 0 Å². The Morgan fingerprint density at radius 1 is 0.960 bits per heavy atom. The molecule has 0 atom stereocenters. The van der Waals surface area contributed by atoms with Crippen LogP contribution in [-0.4, -0.2) is 0 Å². The van der Waals surface area contributed by atoms with E-state index in [2.05, 4.69) is 67.6 Å². The van der Waals surface area contributed by atoms with Crippen LogP contribution in [0.2, 0.25) is 0 Å². The molecule has 0 spiro atoms. The first-order chi connectivity index (χ1) is 10.9. The summed E-state index contributed by atoms with van der Waals surface area (Å²) in [4.78, 5) is 0. The van der Waals surface area contributed by atoms with E-state index in [9.17, 15) is 0 Å². The van der Waals surface area contributed by atoms with Crippen molar-refractivity contribution >= 4 is 10.8 Å². The average molecular weight is 411 g/mol. The minimum absolute atomic E-state index is 0. The first-order valence-electron chi connectivity index (χ1n) is 8.77. The Kier molecular flexibility index (Phi) is 18.3. The van der Waals surface area contributed by atoms with Crippen molar-refractivity contribution in [3.05, 3.63) is 66.3 Å². The van der Waals surface area contributed by atoms with Crippen LogP contribution < -0.4 is 24.8 Å². The molecule has 1 aliphatic carbocycles. The van der Waals surface area contributed by atoms with Crippen LogP contribution in [0.3, 0.4) is 0 Å². The van der Waals surface area contributed by atoms with E-state index in [1.807, 2.05) is 0 Å². The van der Waals surface area contributed by atoms with E-state index < -0.39 is 0 Å². The van der Waals surface area contributed by atoms with Crippen molar-refractivity contribution in [1.82, 2.24) is 0 Å². The summed E-state index contributed by atoms with van der Waals surface area (Å²) >= 11 is 0. The number of hydrogen-bond acceptors (Lipinski definition) is 0. The normalized spacial score (nSPS) is 11.5. The van der Waals surface area contributed by atoms with Crippen molar-refractivity contribution in [2.24, 2.45) is 0 Å². The van der Waals surface area contributed by atoms with Gasteiger partial charge in [-0.25, -0.2) is 11.6 Å². The van der Waals surface area contributed by atoms with Crippen molar-refractivity contribution in [2.75, 3.05) is 0 Å². The van der Waals surface area contributed by atoms with Crippen LogP contribution in [0.5, 0.6) is 0 Å². The Morgan fingerprint density at radius 3 is 2.36 bits per heavy atom. The van der Waals surface area contributed by atoms with Gasteiger partial charge in [-0.2, -0.15) is 23.6 Å². The van der Waals surface area contributed by atoms with Crippen molar-refractivity contribution in [3.63, 3.8) is 0 Å². The second kappa shape index (κ2) is 17.0. The average Bonchev–Trinajstić information content (AvgIpc) is 3.22. The molecule has 0 fully saturated rings. The first kappa shape index (κ1) is 26.8. The molecule has 25 heavy (non-hydrogen) atoms. The third-order valence-electron chi connectivity index (χ3n) is 4.11. The van der Waals surface area contributed by atoms with E-state index in [4.69, 9.17) is 0 Å². The fraction of sp³-hybridized carbons (Fsp3) is 0.409. The predicted octanol–water partition coefficient (Wildman–Crippen LogP) is 0.991. The third kappa shape index (κ3) is 11.0. The standard InChI is InChI=1S/C13H21.C9H7.2ClH.Ti/c1-2-3-4-5-6-7-10-13-11-8-9-12-13;1-2-5-9-7-3-6-8(9)4-1;;;/h8,11H,2-7,9-10H2,1H3;1-7H;2*1H;/q2*-1;;;+2/p-2. The molecule has 0 N–H and O–H groups in total. The SMILES string of the molecule is CCCCCCCCC1=[C-]CC=C1.[Cl-].[Cl-].[Ti+2].c1ccc2[cH-]ccc2c1. The van der Waals surface area contributed by atoms with Gasteiger partial charge in [0.2, 0.25) is 0 Å². The number of fused-ring (bicyclic) bond motifs is 1. The number of allylic oxidation sites excluding steroid dienone is 4. The molecule has 0 bridgehead atoms. The molecule has 136 valence electrons. The van der Waals surface area contributed by atoms with Gasteiger partial charge in [0.1, 0.15) is 0 Å². The van der Waals surface area contributed by atoms with E-state index in [0.29, 0.717) is 0 Å². The summed E-state index contributed by atoms with van der Waals surface area (Å²) in [5.41, 5.74) is 1.44. The molecule has 0 heterocycles. The van der Waals surface area contributed by atoms with Crippen LogP contribution in [0.1, 0.15) is 58.3 Å². The topological polar surface area (TPSA) is 0 Å². The smallest absolute Gasteiger partial charge is 1.00 e. The third-order valence-corrected chi connectivity index (χ3v) is 4.11. The zero-order chi connectivity index (χ0) is 15.5. The van der Waals surface area contributed by atoms with Gasteiger partial charge in [0.05, 0.1) is 0 Å². The van der Waals surface area contributed by atoms with Gasteiger partial charge in [-0.05, 0) is 0 Å². The van der Waals surface area contributed by atoms with Gasteiger partial charge in [-0.1, -0.05) is 57.9 Å². The molecule has 0 unspecified atom stereocenters. The fourth-order valence-electron chi connectivity index (χ4n) is 2.79. The summed E-state index contributed by atoms with van der Waals surface area (Å²) in [6.07, 6.45) is 18.5. The maximum atomic E-state index is 3.36. The second-order valence-corrected chi connectivity index (χ2v) is 5.98. The van der Waals surface area contributed by atoms with Crippen LogP contribution in [0.4, 0.5) is 0 Å². The van der Waals surface area contributed by atoms with Crippen LogP contribution in [-0.2, 0) is 21.7 Å². The molecule has 3 rings (SSSR count). The molecule has 0 amide bonds. The Hall–Kier alpha value is -0.396. The van der Waals surface area contributed by atoms with Crippen molar-refractivity contribution in [3.8, 4) is 0 Å². The van der Waals surface area contributed by atoms with Gasteiger partial charge in [-0.15, -0.1) is 36.1 Å². The van der Waals surface area contributed by atoms with E-state index in [1.54, 1.807) is 0 Å². The van der Waals surface area contributed by atoms with Crippen molar-refractivity contribution in [2.45, 2.75) is 58.3 Å². The van der Waals surface area contributed by atoms with E-state index in [1.165, 1.54) is 61.3 Å². The van der Waals surface area contributed by atoms with E-state index >= 15 is 0 Å². The van der Waals surface area contributed by atoms with E-state index in [0.717, 1.165) is 6.42 Å². The number of rotatable bonds is 7. The van der Waals surface area contributed by atoms with E-state index in [-0.39, 0.29) is 46.5 Å². The number of halogens is 2. The summed E-state index contributed by atoms with van der Waals surface area (Å²) in [7, 11) is 0. The van der Waals surface area contributed by atoms with Crippen LogP contribution >= 0.6 is 0 Å². The second-order valence-electron chi connectivity index (χ2n) is 5.98. The molecule has 0 saturated carbocycles. The Morgan fingerprint density at radius 2 is 1.68 bits per heavy atom. The summed E-state index contributed by atoms with van der Waals surface area (Å²) in [5.74, 6) is 0. The molecule has 3 heteroatoms. The van der Waals surface area contributed by atoms with Crippen molar-refractivity contribution in [1.29, 1.82) is 0 Å². The van der Waals surface area contributed by atoms with Crippen molar-refractivity contribution < 1.29 is 46.5 Å². The summed E-state index contributed by atoms with van der Waals surface area (Å²) < 4.78 is 0.